The van der Waals surface area contributed by atoms with E-state index in [0.717, 1.165) is 12.8 Å². The number of piperazine rings is 1. The van der Waals surface area contributed by atoms with Gasteiger partial charge in [0.1, 0.15) is 0 Å². The number of nitrogens with zero attached hydrogens (tertiary/aromatic N) is 2. The van der Waals surface area contributed by atoms with Crippen molar-refractivity contribution in [2.75, 3.05) is 26.2 Å². The van der Waals surface area contributed by atoms with Crippen molar-refractivity contribution in [1.29, 1.82) is 0 Å². The first kappa shape index (κ1) is 23.2. The average Bonchev–Trinajstić information content (AvgIpc) is 3.57. The van der Waals surface area contributed by atoms with Crippen LogP contribution in [-0.2, 0) is 20.0 Å². The molecule has 32 heavy (non-hydrogen) atoms. The second kappa shape index (κ2) is 8.75. The van der Waals surface area contributed by atoms with Crippen molar-refractivity contribution in [3.05, 3.63) is 58.6 Å². The van der Waals surface area contributed by atoms with Crippen molar-refractivity contribution in [3.63, 3.8) is 0 Å². The number of hydrogen-bond acceptors (Lipinski definition) is 5. The summed E-state index contributed by atoms with van der Waals surface area (Å²) < 4.78 is 54.7. The van der Waals surface area contributed by atoms with Crippen LogP contribution < -0.4 is 4.72 Å². The van der Waals surface area contributed by atoms with Gasteiger partial charge in [0.05, 0.1) is 9.79 Å². The Morgan fingerprint density at radius 3 is 2.12 bits per heavy atom. The Hall–Kier alpha value is -1.98. The molecule has 1 amide bonds. The average molecular weight is 498 g/mol. The van der Waals surface area contributed by atoms with Gasteiger partial charge in [-0.25, -0.2) is 21.6 Å². The number of nitrogens with one attached hydrogen (secondary N) is 1. The fraction of sp³-hybridized carbons (Fsp3) is 0.381. The topological polar surface area (TPSA) is 104 Å². The highest BCUT2D eigenvalue weighted by atomic mass is 35.5. The molecule has 2 aliphatic rings. The lowest BCUT2D eigenvalue weighted by molar-refractivity contribution is 0.0697. The number of amides is 1. The number of carbonyl (C=O) groups excluding carboxylic acids is 1. The monoisotopic (exact) mass is 497 g/mol. The molecule has 1 saturated heterocycles. The number of carbonyl (C=O) groups is 1. The van der Waals surface area contributed by atoms with Crippen molar-refractivity contribution >= 4 is 37.6 Å². The molecule has 1 saturated carbocycles. The molecule has 0 radical (unpaired) electrons. The summed E-state index contributed by atoms with van der Waals surface area (Å²) in [5.41, 5.74) is 0.967. The van der Waals surface area contributed by atoms with Gasteiger partial charge >= 0.3 is 0 Å². The molecule has 0 unspecified atom stereocenters. The first-order valence-corrected chi connectivity index (χ1v) is 13.6. The third-order valence-electron chi connectivity index (χ3n) is 5.63. The van der Waals surface area contributed by atoms with Gasteiger partial charge in [-0.2, -0.15) is 4.31 Å². The molecule has 0 aromatic heterocycles. The second-order valence-corrected chi connectivity index (χ2v) is 12.1. The van der Waals surface area contributed by atoms with Crippen molar-refractivity contribution in [3.8, 4) is 0 Å². The quantitative estimate of drug-likeness (QED) is 0.659. The third-order valence-corrected chi connectivity index (χ3v) is 9.31. The van der Waals surface area contributed by atoms with Crippen molar-refractivity contribution in [1.82, 2.24) is 13.9 Å². The molecule has 4 rings (SSSR count). The summed E-state index contributed by atoms with van der Waals surface area (Å²) in [6.45, 7) is 2.47. The van der Waals surface area contributed by atoms with Gasteiger partial charge in [-0.3, -0.25) is 4.79 Å². The summed E-state index contributed by atoms with van der Waals surface area (Å²) in [4.78, 5) is 14.9. The maximum atomic E-state index is 13.1. The Bertz CT molecular complexity index is 1230. The minimum absolute atomic E-state index is 0.0314. The Kier molecular flexibility index (Phi) is 6.34. The first-order chi connectivity index (χ1) is 15.1. The normalized spacial score (nSPS) is 18.0. The number of halogens is 1. The zero-order chi connectivity index (χ0) is 23.1. The van der Waals surface area contributed by atoms with E-state index in [1.54, 1.807) is 17.9 Å². The maximum absolute atomic E-state index is 13.1. The number of benzene rings is 2. The van der Waals surface area contributed by atoms with Crippen LogP contribution in [0.4, 0.5) is 0 Å². The van der Waals surface area contributed by atoms with E-state index in [-0.39, 0.29) is 47.9 Å². The van der Waals surface area contributed by atoms with Crippen LogP contribution in [0.3, 0.4) is 0 Å². The van der Waals surface area contributed by atoms with Crippen LogP contribution in [0.2, 0.25) is 5.02 Å². The lowest BCUT2D eigenvalue weighted by atomic mass is 10.1. The Morgan fingerprint density at radius 1 is 0.938 bits per heavy atom. The van der Waals surface area contributed by atoms with Crippen LogP contribution in [0.25, 0.3) is 0 Å². The van der Waals surface area contributed by atoms with Crippen molar-refractivity contribution < 1.29 is 21.6 Å². The Morgan fingerprint density at radius 2 is 1.53 bits per heavy atom. The molecule has 2 aromatic rings. The standard InChI is InChI=1S/C21H24ClN3O5S2/c1-15-2-7-19(31(27,28)23-17-5-6-17)14-20(15)21(26)24-10-12-25(13-11-24)32(29,30)18-8-3-16(22)4-9-18/h2-4,7-9,14,17,23H,5-6,10-13H2,1H3. The number of hydrogen-bond donors (Lipinski definition) is 1. The summed E-state index contributed by atoms with van der Waals surface area (Å²) >= 11 is 5.85. The SMILES string of the molecule is Cc1ccc(S(=O)(=O)NC2CC2)cc1C(=O)N1CCN(S(=O)(=O)c2ccc(Cl)cc2)CC1. The van der Waals surface area contributed by atoms with Gasteiger partial charge in [0.2, 0.25) is 20.0 Å². The largest absolute Gasteiger partial charge is 0.336 e. The highest BCUT2D eigenvalue weighted by Gasteiger charge is 2.32. The van der Waals surface area contributed by atoms with Gasteiger partial charge in [0.15, 0.2) is 0 Å². The zero-order valence-corrected chi connectivity index (χ0v) is 19.9. The molecule has 1 aliphatic carbocycles. The minimum Gasteiger partial charge on any atom is -0.336 e. The van der Waals surface area contributed by atoms with Gasteiger partial charge in [-0.15, -0.1) is 0 Å². The second-order valence-electron chi connectivity index (χ2n) is 8.02. The molecule has 1 heterocycles. The molecule has 1 aliphatic heterocycles. The lowest BCUT2D eigenvalue weighted by Gasteiger charge is -2.34. The van der Waals surface area contributed by atoms with E-state index < -0.39 is 20.0 Å². The molecule has 0 bridgehead atoms. The molecular weight excluding hydrogens is 474 g/mol. The van der Waals surface area contributed by atoms with Crippen molar-refractivity contribution in [2.24, 2.45) is 0 Å². The smallest absolute Gasteiger partial charge is 0.254 e. The van der Waals surface area contributed by atoms with E-state index >= 15 is 0 Å². The summed E-state index contributed by atoms with van der Waals surface area (Å²) in [7, 11) is -7.36. The predicted molar refractivity (Wildman–Crippen MR) is 121 cm³/mol. The number of rotatable bonds is 6. The molecular formula is C21H24ClN3O5S2. The number of aryl methyl sites for hydroxylation is 1. The molecule has 11 heteroatoms. The minimum atomic E-state index is -3.68. The molecule has 8 nitrogen and oxygen atoms in total. The molecule has 172 valence electrons. The van der Waals surface area contributed by atoms with E-state index in [2.05, 4.69) is 4.72 Å². The van der Waals surface area contributed by atoms with E-state index in [1.165, 1.54) is 40.7 Å². The van der Waals surface area contributed by atoms with Crippen LogP contribution in [-0.4, -0.2) is 64.2 Å². The molecule has 0 spiro atoms. The fourth-order valence-corrected chi connectivity index (χ4v) is 6.42. The highest BCUT2D eigenvalue weighted by molar-refractivity contribution is 7.89. The Labute approximate surface area is 193 Å². The zero-order valence-electron chi connectivity index (χ0n) is 17.5. The predicted octanol–water partition coefficient (Wildman–Crippen LogP) is 2.24. The summed E-state index contributed by atoms with van der Waals surface area (Å²) in [6, 6.07) is 10.4. The molecule has 2 aromatic carbocycles. The van der Waals surface area contributed by atoms with Gasteiger partial charge in [-0.05, 0) is 61.7 Å². The van der Waals surface area contributed by atoms with Crippen LogP contribution in [0.5, 0.6) is 0 Å². The van der Waals surface area contributed by atoms with Gasteiger partial charge in [0.25, 0.3) is 5.91 Å². The lowest BCUT2D eigenvalue weighted by Crippen LogP contribution is -2.50. The van der Waals surface area contributed by atoms with Gasteiger partial charge in [0, 0.05) is 42.8 Å². The third kappa shape index (κ3) is 4.84. The van der Waals surface area contributed by atoms with Crippen LogP contribution in [0, 0.1) is 6.92 Å². The van der Waals surface area contributed by atoms with Gasteiger partial charge < -0.3 is 4.90 Å². The van der Waals surface area contributed by atoms with Crippen LogP contribution >= 0.6 is 11.6 Å². The summed E-state index contributed by atoms with van der Waals surface area (Å²) in [5.74, 6) is -0.311. The maximum Gasteiger partial charge on any atom is 0.254 e. The van der Waals surface area contributed by atoms with E-state index in [4.69, 9.17) is 11.6 Å². The van der Waals surface area contributed by atoms with E-state index in [1.807, 2.05) is 0 Å². The van der Waals surface area contributed by atoms with Crippen molar-refractivity contribution in [2.45, 2.75) is 35.6 Å². The van der Waals surface area contributed by atoms with E-state index in [0.29, 0.717) is 16.1 Å². The summed E-state index contributed by atoms with van der Waals surface area (Å²) in [5, 5.41) is 0.450. The van der Waals surface area contributed by atoms with Crippen LogP contribution in [0.1, 0.15) is 28.8 Å². The molecule has 2 fully saturated rings. The first-order valence-electron chi connectivity index (χ1n) is 10.3. The fourth-order valence-electron chi connectivity index (χ4n) is 3.54. The molecule has 1 N–H and O–H groups in total. The molecule has 0 atom stereocenters. The number of sulfonamides is 2. The van der Waals surface area contributed by atoms with E-state index in [9.17, 15) is 21.6 Å². The summed E-state index contributed by atoms with van der Waals surface area (Å²) in [6.07, 6.45) is 1.64. The van der Waals surface area contributed by atoms with Gasteiger partial charge in [-0.1, -0.05) is 17.7 Å². The highest BCUT2D eigenvalue weighted by Crippen LogP contribution is 2.25. The Balaban J connectivity index is 1.47. The van der Waals surface area contributed by atoms with Crippen LogP contribution in [0.15, 0.2) is 52.3 Å².